The van der Waals surface area contributed by atoms with Crippen LogP contribution < -0.4 is 4.31 Å². The Hall–Kier alpha value is -1.56. The Kier molecular flexibility index (Phi) is 2.99. The van der Waals surface area contributed by atoms with Gasteiger partial charge in [0.1, 0.15) is 0 Å². The summed E-state index contributed by atoms with van der Waals surface area (Å²) in [4.78, 5) is 10.7. The molecule has 0 saturated carbocycles. The van der Waals surface area contributed by atoms with Gasteiger partial charge in [-0.05, 0) is 18.2 Å². The van der Waals surface area contributed by atoms with E-state index in [1.165, 1.54) is 31.3 Å². The number of carboxylic acid groups (broad SMARTS) is 1. The molecule has 0 aliphatic carbocycles. The minimum atomic E-state index is -3.36. The number of nitrogens with zero attached hydrogens (tertiary/aromatic N) is 1. The van der Waals surface area contributed by atoms with E-state index >= 15 is 0 Å². The minimum absolute atomic E-state index is 0.0583. The molecule has 0 atom stereocenters. The van der Waals surface area contributed by atoms with E-state index in [9.17, 15) is 13.2 Å². The maximum atomic E-state index is 11.2. The molecular weight excluding hydrogens is 218 g/mol. The molecule has 82 valence electrons. The molecule has 0 saturated heterocycles. The Morgan fingerprint density at radius 1 is 1.40 bits per heavy atom. The van der Waals surface area contributed by atoms with Crippen molar-refractivity contribution < 1.29 is 18.3 Å². The third-order valence-corrected chi connectivity index (χ3v) is 3.16. The molecule has 1 rings (SSSR count). The SMILES string of the molecule is CN(c1cccc(C(=O)O)c1)S(C)(=O)=O. The number of carboxylic acids is 1. The lowest BCUT2D eigenvalue weighted by molar-refractivity contribution is 0.0697. The summed E-state index contributed by atoms with van der Waals surface area (Å²) in [6.07, 6.45) is 1.06. The highest BCUT2D eigenvalue weighted by Gasteiger charge is 2.13. The molecule has 0 aromatic heterocycles. The van der Waals surface area contributed by atoms with Crippen LogP contribution in [0.5, 0.6) is 0 Å². The van der Waals surface area contributed by atoms with E-state index in [-0.39, 0.29) is 5.56 Å². The second-order valence-corrected chi connectivity index (χ2v) is 5.10. The van der Waals surface area contributed by atoms with Crippen LogP contribution >= 0.6 is 0 Å². The molecule has 0 aliphatic rings. The smallest absolute Gasteiger partial charge is 0.335 e. The van der Waals surface area contributed by atoms with Crippen molar-refractivity contribution in [2.24, 2.45) is 0 Å². The van der Waals surface area contributed by atoms with Crippen LogP contribution in [0.4, 0.5) is 5.69 Å². The van der Waals surface area contributed by atoms with Crippen LogP contribution in [0.2, 0.25) is 0 Å². The quantitative estimate of drug-likeness (QED) is 0.831. The summed E-state index contributed by atoms with van der Waals surface area (Å²) >= 11 is 0. The molecule has 0 spiro atoms. The fraction of sp³-hybridized carbons (Fsp3) is 0.222. The van der Waals surface area contributed by atoms with Crippen LogP contribution in [0.1, 0.15) is 10.4 Å². The molecule has 1 N–H and O–H groups in total. The molecule has 15 heavy (non-hydrogen) atoms. The van der Waals surface area contributed by atoms with Gasteiger partial charge in [0, 0.05) is 7.05 Å². The van der Waals surface area contributed by atoms with E-state index in [2.05, 4.69) is 0 Å². The maximum absolute atomic E-state index is 11.2. The molecule has 5 nitrogen and oxygen atoms in total. The number of rotatable bonds is 3. The molecule has 0 bridgehead atoms. The molecule has 1 aromatic rings. The molecule has 0 heterocycles. The van der Waals surface area contributed by atoms with E-state index in [0.717, 1.165) is 10.6 Å². The predicted molar refractivity (Wildman–Crippen MR) is 56.6 cm³/mol. The van der Waals surface area contributed by atoms with Crippen molar-refractivity contribution in [3.8, 4) is 0 Å². The van der Waals surface area contributed by atoms with Gasteiger partial charge in [-0.15, -0.1) is 0 Å². The second kappa shape index (κ2) is 3.90. The van der Waals surface area contributed by atoms with Crippen molar-refractivity contribution in [3.05, 3.63) is 29.8 Å². The third-order valence-electron chi connectivity index (χ3n) is 1.95. The topological polar surface area (TPSA) is 74.7 Å². The average molecular weight is 229 g/mol. The summed E-state index contributed by atoms with van der Waals surface area (Å²) in [7, 11) is -1.99. The van der Waals surface area contributed by atoms with E-state index in [0.29, 0.717) is 5.69 Å². The first-order valence-electron chi connectivity index (χ1n) is 4.09. The number of anilines is 1. The van der Waals surface area contributed by atoms with Gasteiger partial charge >= 0.3 is 5.97 Å². The molecule has 1 aromatic carbocycles. The van der Waals surface area contributed by atoms with Gasteiger partial charge in [-0.3, -0.25) is 4.31 Å². The van der Waals surface area contributed by atoms with Crippen molar-refractivity contribution >= 4 is 21.7 Å². The van der Waals surface area contributed by atoms with Gasteiger partial charge in [-0.1, -0.05) is 6.07 Å². The molecule has 0 amide bonds. The van der Waals surface area contributed by atoms with Crippen molar-refractivity contribution in [2.75, 3.05) is 17.6 Å². The van der Waals surface area contributed by atoms with E-state index in [1.807, 2.05) is 0 Å². The van der Waals surface area contributed by atoms with Gasteiger partial charge in [-0.2, -0.15) is 0 Å². The molecule has 6 heteroatoms. The Labute approximate surface area is 88.0 Å². The highest BCUT2D eigenvalue weighted by molar-refractivity contribution is 7.92. The predicted octanol–water partition coefficient (Wildman–Crippen LogP) is 0.781. The van der Waals surface area contributed by atoms with Crippen LogP contribution in [0.25, 0.3) is 0 Å². The van der Waals surface area contributed by atoms with Gasteiger partial charge < -0.3 is 5.11 Å². The van der Waals surface area contributed by atoms with E-state index < -0.39 is 16.0 Å². The van der Waals surface area contributed by atoms with Gasteiger partial charge in [0.15, 0.2) is 0 Å². The zero-order valence-electron chi connectivity index (χ0n) is 8.34. The lowest BCUT2D eigenvalue weighted by Crippen LogP contribution is -2.24. The van der Waals surface area contributed by atoms with Gasteiger partial charge in [0.2, 0.25) is 10.0 Å². The van der Waals surface area contributed by atoms with Crippen LogP contribution in [-0.2, 0) is 10.0 Å². The monoisotopic (exact) mass is 229 g/mol. The summed E-state index contributed by atoms with van der Waals surface area (Å²) < 4.78 is 23.4. The lowest BCUT2D eigenvalue weighted by atomic mass is 10.2. The fourth-order valence-corrected chi connectivity index (χ4v) is 1.52. The normalized spacial score (nSPS) is 11.1. The number of aromatic carboxylic acids is 1. The van der Waals surface area contributed by atoms with Crippen molar-refractivity contribution in [1.29, 1.82) is 0 Å². The number of hydrogen-bond donors (Lipinski definition) is 1. The summed E-state index contributed by atoms with van der Waals surface area (Å²) in [6.45, 7) is 0. The summed E-state index contributed by atoms with van der Waals surface area (Å²) in [5, 5.41) is 8.73. The standard InChI is InChI=1S/C9H11NO4S/c1-10(15(2,13)14)8-5-3-4-7(6-8)9(11)12/h3-6H,1-2H3,(H,11,12). The molecule has 0 unspecified atom stereocenters. The van der Waals surface area contributed by atoms with Crippen molar-refractivity contribution in [1.82, 2.24) is 0 Å². The second-order valence-electron chi connectivity index (χ2n) is 3.09. The summed E-state index contributed by atoms with van der Waals surface area (Å²) in [5.41, 5.74) is 0.389. The first kappa shape index (κ1) is 11.5. The lowest BCUT2D eigenvalue weighted by Gasteiger charge is -2.16. The Morgan fingerprint density at radius 2 is 2.00 bits per heavy atom. The number of hydrogen-bond acceptors (Lipinski definition) is 3. The summed E-state index contributed by atoms with van der Waals surface area (Å²) in [6, 6.07) is 5.75. The van der Waals surface area contributed by atoms with Crippen LogP contribution in [0.3, 0.4) is 0 Å². The molecule has 0 fully saturated rings. The highest BCUT2D eigenvalue weighted by atomic mass is 32.2. The zero-order chi connectivity index (χ0) is 11.6. The van der Waals surface area contributed by atoms with Crippen molar-refractivity contribution in [2.45, 2.75) is 0 Å². The first-order chi connectivity index (χ1) is 6.82. The molecule has 0 radical (unpaired) electrons. The van der Waals surface area contributed by atoms with E-state index in [1.54, 1.807) is 0 Å². The Balaban J connectivity index is 3.17. The zero-order valence-corrected chi connectivity index (χ0v) is 9.15. The van der Waals surface area contributed by atoms with Crippen LogP contribution in [0, 0.1) is 0 Å². The fourth-order valence-electron chi connectivity index (χ4n) is 1.03. The number of sulfonamides is 1. The third kappa shape index (κ3) is 2.69. The highest BCUT2D eigenvalue weighted by Crippen LogP contribution is 2.16. The summed E-state index contributed by atoms with van der Waals surface area (Å²) in [5.74, 6) is -1.08. The Morgan fingerprint density at radius 3 is 2.47 bits per heavy atom. The van der Waals surface area contributed by atoms with Crippen LogP contribution in [0.15, 0.2) is 24.3 Å². The van der Waals surface area contributed by atoms with Crippen LogP contribution in [-0.4, -0.2) is 32.8 Å². The van der Waals surface area contributed by atoms with Gasteiger partial charge in [0.05, 0.1) is 17.5 Å². The van der Waals surface area contributed by atoms with E-state index in [4.69, 9.17) is 5.11 Å². The Bertz CT molecular complexity index is 481. The number of carbonyl (C=O) groups is 1. The minimum Gasteiger partial charge on any atom is -0.478 e. The molecule has 0 aliphatic heterocycles. The van der Waals surface area contributed by atoms with Gasteiger partial charge in [-0.25, -0.2) is 13.2 Å². The largest absolute Gasteiger partial charge is 0.478 e. The molecular formula is C9H11NO4S. The maximum Gasteiger partial charge on any atom is 0.335 e. The first-order valence-corrected chi connectivity index (χ1v) is 5.94. The van der Waals surface area contributed by atoms with Gasteiger partial charge in [0.25, 0.3) is 0 Å². The number of benzene rings is 1. The van der Waals surface area contributed by atoms with Crippen molar-refractivity contribution in [3.63, 3.8) is 0 Å². The average Bonchev–Trinajstić information content (AvgIpc) is 2.15.